The summed E-state index contributed by atoms with van der Waals surface area (Å²) in [4.78, 5) is 14.6. The number of thioether (sulfide) groups is 1. The third kappa shape index (κ3) is 6.03. The Bertz CT molecular complexity index is 1020. The lowest BCUT2D eigenvalue weighted by molar-refractivity contribution is -0.125. The van der Waals surface area contributed by atoms with E-state index in [1.54, 1.807) is 11.8 Å². The molecular formula is C24H24F2N4OS. The number of nitrogens with one attached hydrogen (secondary N) is 1. The second-order valence-electron chi connectivity index (χ2n) is 7.76. The lowest BCUT2D eigenvalue weighted by atomic mass is 9.96. The number of aromatic nitrogens is 2. The van der Waals surface area contributed by atoms with E-state index in [9.17, 15) is 13.6 Å². The molecule has 2 aromatic carbocycles. The number of amides is 1. The summed E-state index contributed by atoms with van der Waals surface area (Å²) in [6.07, 6.45) is 1.38. The van der Waals surface area contributed by atoms with E-state index in [2.05, 4.69) is 32.5 Å². The summed E-state index contributed by atoms with van der Waals surface area (Å²) in [7, 11) is 0. The van der Waals surface area contributed by atoms with E-state index >= 15 is 0 Å². The van der Waals surface area contributed by atoms with Gasteiger partial charge in [0.1, 0.15) is 16.7 Å². The zero-order chi connectivity index (χ0) is 22.3. The largest absolute Gasteiger partial charge is 0.355 e. The molecule has 1 aliphatic rings. The monoisotopic (exact) mass is 454 g/mol. The molecule has 0 spiro atoms. The lowest BCUT2D eigenvalue weighted by Gasteiger charge is -2.31. The molecule has 0 aliphatic carbocycles. The summed E-state index contributed by atoms with van der Waals surface area (Å²) < 4.78 is 26.6. The minimum Gasteiger partial charge on any atom is -0.355 e. The van der Waals surface area contributed by atoms with Gasteiger partial charge in [-0.3, -0.25) is 4.79 Å². The van der Waals surface area contributed by atoms with Crippen LogP contribution in [0.15, 0.2) is 65.7 Å². The van der Waals surface area contributed by atoms with Crippen molar-refractivity contribution in [2.45, 2.75) is 30.2 Å². The van der Waals surface area contributed by atoms with E-state index in [1.165, 1.54) is 17.7 Å². The van der Waals surface area contributed by atoms with Crippen molar-refractivity contribution < 1.29 is 13.6 Å². The number of carbonyl (C=O) groups is 1. The molecule has 166 valence electrons. The number of carbonyl (C=O) groups excluding carboxylic acids is 1. The Morgan fingerprint density at radius 3 is 2.34 bits per heavy atom. The van der Waals surface area contributed by atoms with Gasteiger partial charge in [-0.05, 0) is 48.2 Å². The van der Waals surface area contributed by atoms with Crippen LogP contribution in [0.5, 0.6) is 0 Å². The molecule has 1 N–H and O–H groups in total. The van der Waals surface area contributed by atoms with Gasteiger partial charge in [0, 0.05) is 37.4 Å². The van der Waals surface area contributed by atoms with Crippen LogP contribution in [-0.4, -0.2) is 29.2 Å². The highest BCUT2D eigenvalue weighted by Gasteiger charge is 2.25. The van der Waals surface area contributed by atoms with E-state index in [1.807, 2.05) is 30.3 Å². The third-order valence-electron chi connectivity index (χ3n) is 5.43. The molecule has 0 unspecified atom stereocenters. The molecule has 8 heteroatoms. The van der Waals surface area contributed by atoms with Gasteiger partial charge in [0.25, 0.3) is 0 Å². The molecular weight excluding hydrogens is 430 g/mol. The predicted octanol–water partition coefficient (Wildman–Crippen LogP) is 4.58. The van der Waals surface area contributed by atoms with Crippen LogP contribution < -0.4 is 10.2 Å². The van der Waals surface area contributed by atoms with Crippen molar-refractivity contribution in [2.24, 2.45) is 5.92 Å². The van der Waals surface area contributed by atoms with E-state index in [0.717, 1.165) is 22.7 Å². The Morgan fingerprint density at radius 2 is 1.69 bits per heavy atom. The Hall–Kier alpha value is -3.00. The molecule has 0 radical (unpaired) electrons. The SMILES string of the molecule is O=C(NCc1cc(F)cc(F)c1)C1CCN(c2ccc(SCc3ccccc3)nn2)CC1. The minimum atomic E-state index is -0.645. The Kier molecular flexibility index (Phi) is 7.32. The van der Waals surface area contributed by atoms with Crippen LogP contribution in [0.2, 0.25) is 0 Å². The van der Waals surface area contributed by atoms with Gasteiger partial charge in [0.2, 0.25) is 5.91 Å². The van der Waals surface area contributed by atoms with Crippen LogP contribution in [0, 0.1) is 17.6 Å². The Balaban J connectivity index is 1.23. The first-order valence-corrected chi connectivity index (χ1v) is 11.5. The van der Waals surface area contributed by atoms with Crippen molar-refractivity contribution in [2.75, 3.05) is 18.0 Å². The fraction of sp³-hybridized carbons (Fsp3) is 0.292. The van der Waals surface area contributed by atoms with E-state index in [0.29, 0.717) is 31.5 Å². The number of anilines is 1. The van der Waals surface area contributed by atoms with Crippen LogP contribution in [0.4, 0.5) is 14.6 Å². The summed E-state index contributed by atoms with van der Waals surface area (Å²) >= 11 is 1.65. The fourth-order valence-electron chi connectivity index (χ4n) is 3.71. The molecule has 1 aliphatic heterocycles. The zero-order valence-electron chi connectivity index (χ0n) is 17.5. The normalized spacial score (nSPS) is 14.4. The smallest absolute Gasteiger partial charge is 0.223 e. The van der Waals surface area contributed by atoms with Crippen molar-refractivity contribution in [3.8, 4) is 0 Å². The van der Waals surface area contributed by atoms with Crippen LogP contribution in [0.25, 0.3) is 0 Å². The summed E-state index contributed by atoms with van der Waals surface area (Å²) in [6.45, 7) is 1.52. The molecule has 1 fully saturated rings. The molecule has 3 aromatic rings. The summed E-state index contributed by atoms with van der Waals surface area (Å²) in [6, 6.07) is 17.5. The van der Waals surface area contributed by atoms with Crippen molar-refractivity contribution in [1.82, 2.24) is 15.5 Å². The first kappa shape index (κ1) is 22.2. The molecule has 0 atom stereocenters. The minimum absolute atomic E-state index is 0.0898. The van der Waals surface area contributed by atoms with Crippen LogP contribution in [-0.2, 0) is 17.1 Å². The molecule has 0 bridgehead atoms. The summed E-state index contributed by atoms with van der Waals surface area (Å²) in [5.41, 5.74) is 1.65. The van der Waals surface area contributed by atoms with Crippen LogP contribution in [0.1, 0.15) is 24.0 Å². The maximum Gasteiger partial charge on any atom is 0.223 e. The average molecular weight is 455 g/mol. The second kappa shape index (κ2) is 10.5. The molecule has 32 heavy (non-hydrogen) atoms. The van der Waals surface area contributed by atoms with Crippen molar-refractivity contribution in [1.29, 1.82) is 0 Å². The van der Waals surface area contributed by atoms with E-state index < -0.39 is 11.6 Å². The molecule has 1 saturated heterocycles. The van der Waals surface area contributed by atoms with Crippen molar-refractivity contribution in [3.63, 3.8) is 0 Å². The van der Waals surface area contributed by atoms with Crippen molar-refractivity contribution >= 4 is 23.5 Å². The summed E-state index contributed by atoms with van der Waals surface area (Å²) in [5.74, 6) is 0.147. The van der Waals surface area contributed by atoms with Gasteiger partial charge < -0.3 is 10.2 Å². The van der Waals surface area contributed by atoms with Gasteiger partial charge in [-0.15, -0.1) is 10.2 Å². The van der Waals surface area contributed by atoms with Crippen LogP contribution >= 0.6 is 11.8 Å². The number of halogens is 2. The molecule has 1 amide bonds. The van der Waals surface area contributed by atoms with Gasteiger partial charge in [-0.25, -0.2) is 8.78 Å². The van der Waals surface area contributed by atoms with Crippen molar-refractivity contribution in [3.05, 3.63) is 83.4 Å². The highest BCUT2D eigenvalue weighted by atomic mass is 32.2. The molecule has 5 nitrogen and oxygen atoms in total. The fourth-order valence-corrected chi connectivity index (χ4v) is 4.48. The quantitative estimate of drug-likeness (QED) is 0.530. The standard InChI is InChI=1S/C24H24F2N4OS/c25-20-12-18(13-21(26)14-20)15-27-24(31)19-8-10-30(11-9-19)22-6-7-23(29-28-22)32-16-17-4-2-1-3-5-17/h1-7,12-14,19H,8-11,15-16H2,(H,27,31). The number of hydrogen-bond donors (Lipinski definition) is 1. The first-order chi connectivity index (χ1) is 15.6. The van der Waals surface area contributed by atoms with Gasteiger partial charge >= 0.3 is 0 Å². The van der Waals surface area contributed by atoms with Gasteiger partial charge in [0.15, 0.2) is 5.82 Å². The second-order valence-corrected chi connectivity index (χ2v) is 8.76. The Morgan fingerprint density at radius 1 is 0.969 bits per heavy atom. The highest BCUT2D eigenvalue weighted by Crippen LogP contribution is 2.25. The number of nitrogens with zero attached hydrogens (tertiary/aromatic N) is 3. The lowest BCUT2D eigenvalue weighted by Crippen LogP contribution is -2.40. The maximum atomic E-state index is 13.3. The zero-order valence-corrected chi connectivity index (χ0v) is 18.3. The van der Waals surface area contributed by atoms with E-state index in [4.69, 9.17) is 0 Å². The van der Waals surface area contributed by atoms with Gasteiger partial charge in [-0.1, -0.05) is 42.1 Å². The maximum absolute atomic E-state index is 13.3. The average Bonchev–Trinajstić information content (AvgIpc) is 2.82. The summed E-state index contributed by atoms with van der Waals surface area (Å²) in [5, 5.41) is 12.4. The number of benzene rings is 2. The number of piperidine rings is 1. The van der Waals surface area contributed by atoms with Gasteiger partial charge in [0.05, 0.1) is 0 Å². The van der Waals surface area contributed by atoms with Gasteiger partial charge in [-0.2, -0.15) is 0 Å². The molecule has 0 saturated carbocycles. The first-order valence-electron chi connectivity index (χ1n) is 10.5. The predicted molar refractivity (Wildman–Crippen MR) is 121 cm³/mol. The Labute approximate surface area is 190 Å². The van der Waals surface area contributed by atoms with E-state index in [-0.39, 0.29) is 18.4 Å². The third-order valence-corrected chi connectivity index (χ3v) is 6.43. The van der Waals surface area contributed by atoms with Crippen LogP contribution in [0.3, 0.4) is 0 Å². The molecule has 2 heterocycles. The number of hydrogen-bond acceptors (Lipinski definition) is 5. The number of rotatable bonds is 7. The molecule has 1 aromatic heterocycles. The molecule has 4 rings (SSSR count). The highest BCUT2D eigenvalue weighted by molar-refractivity contribution is 7.98. The topological polar surface area (TPSA) is 58.1 Å².